The quantitative estimate of drug-likeness (QED) is 0.626. The van der Waals surface area contributed by atoms with Gasteiger partial charge in [0.2, 0.25) is 10.0 Å². The van der Waals surface area contributed by atoms with E-state index in [1.54, 1.807) is 27.7 Å². The van der Waals surface area contributed by atoms with Crippen molar-refractivity contribution in [2.24, 2.45) is 0 Å². The largest absolute Gasteiger partial charge is 0.462 e. The van der Waals surface area contributed by atoms with Gasteiger partial charge in [-0.1, -0.05) is 15.9 Å². The molecule has 0 unspecified atom stereocenters. The number of carbonyl (C=O) groups excluding carboxylic acids is 1. The van der Waals surface area contributed by atoms with E-state index >= 15 is 0 Å². The van der Waals surface area contributed by atoms with Gasteiger partial charge in [-0.25, -0.2) is 17.9 Å². The molecule has 0 fully saturated rings. The molecule has 0 atom stereocenters. The third kappa shape index (κ3) is 4.54. The maximum absolute atomic E-state index is 12.3. The summed E-state index contributed by atoms with van der Waals surface area (Å²) in [5.74, 6) is -0.503. The molecule has 1 heterocycles. The van der Waals surface area contributed by atoms with Gasteiger partial charge in [-0.2, -0.15) is 0 Å². The first-order valence-corrected chi connectivity index (χ1v) is 9.42. The predicted molar refractivity (Wildman–Crippen MR) is 83.0 cm³/mol. The molecule has 0 saturated carbocycles. The first-order valence-electron chi connectivity index (χ1n) is 6.00. The Kier molecular flexibility index (Phi) is 5.77. The summed E-state index contributed by atoms with van der Waals surface area (Å²) in [6, 6.07) is 1.37. The van der Waals surface area contributed by atoms with Gasteiger partial charge in [0.05, 0.1) is 11.5 Å². The minimum atomic E-state index is -3.67. The van der Waals surface area contributed by atoms with Gasteiger partial charge in [0.25, 0.3) is 0 Å². The van der Waals surface area contributed by atoms with Crippen LogP contribution in [-0.4, -0.2) is 26.5 Å². The molecule has 0 saturated heterocycles. The predicted octanol–water partition coefficient (Wildman–Crippen LogP) is 2.90. The van der Waals surface area contributed by atoms with Crippen LogP contribution in [0.3, 0.4) is 0 Å². The Morgan fingerprint density at radius 3 is 2.50 bits per heavy atom. The van der Waals surface area contributed by atoms with Gasteiger partial charge in [0, 0.05) is 15.7 Å². The van der Waals surface area contributed by atoms with Crippen LogP contribution in [0.1, 0.15) is 42.2 Å². The smallest absolute Gasteiger partial charge is 0.348 e. The molecule has 5 nitrogen and oxygen atoms in total. The minimum Gasteiger partial charge on any atom is -0.462 e. The van der Waals surface area contributed by atoms with Crippen molar-refractivity contribution in [3.63, 3.8) is 0 Å². The number of esters is 1. The lowest BCUT2D eigenvalue weighted by molar-refractivity contribution is 0.0532. The van der Waals surface area contributed by atoms with Crippen LogP contribution in [0.5, 0.6) is 0 Å². The topological polar surface area (TPSA) is 72.5 Å². The number of halogens is 1. The number of thiophene rings is 1. The number of sulfonamides is 1. The molecule has 114 valence electrons. The second-order valence-electron chi connectivity index (χ2n) is 5.11. The molecule has 8 heteroatoms. The fourth-order valence-corrected chi connectivity index (χ4v) is 5.21. The highest BCUT2D eigenvalue weighted by molar-refractivity contribution is 9.08. The van der Waals surface area contributed by atoms with Gasteiger partial charge in [0.15, 0.2) is 0 Å². The molecule has 1 aromatic rings. The van der Waals surface area contributed by atoms with E-state index in [0.717, 1.165) is 11.3 Å². The third-order valence-electron chi connectivity index (χ3n) is 2.10. The van der Waals surface area contributed by atoms with Gasteiger partial charge < -0.3 is 4.74 Å². The number of nitrogens with one attached hydrogen (secondary N) is 1. The molecule has 1 aromatic heterocycles. The average Bonchev–Trinajstić information content (AvgIpc) is 2.70. The van der Waals surface area contributed by atoms with Crippen LogP contribution in [0, 0.1) is 0 Å². The van der Waals surface area contributed by atoms with Crippen molar-refractivity contribution in [3.8, 4) is 0 Å². The first-order chi connectivity index (χ1) is 9.10. The lowest BCUT2D eigenvalue weighted by atomic mass is 10.1. The Labute approximate surface area is 131 Å². The Balaban J connectivity index is 3.21. The highest BCUT2D eigenvalue weighted by Gasteiger charge is 2.27. The fraction of sp³-hybridized carbons (Fsp3) is 0.583. The average molecular weight is 384 g/mol. The van der Waals surface area contributed by atoms with Crippen molar-refractivity contribution in [1.82, 2.24) is 4.72 Å². The second-order valence-corrected chi connectivity index (χ2v) is 8.46. The summed E-state index contributed by atoms with van der Waals surface area (Å²) >= 11 is 4.37. The maximum atomic E-state index is 12.3. The summed E-state index contributed by atoms with van der Waals surface area (Å²) in [4.78, 5) is 12.7. The summed E-state index contributed by atoms with van der Waals surface area (Å²) < 4.78 is 32.2. The first kappa shape index (κ1) is 17.6. The number of ether oxygens (including phenoxy) is 1. The van der Waals surface area contributed by atoms with Crippen molar-refractivity contribution >= 4 is 43.3 Å². The highest BCUT2D eigenvalue weighted by Crippen LogP contribution is 2.29. The molecule has 0 amide bonds. The Morgan fingerprint density at radius 1 is 1.45 bits per heavy atom. The van der Waals surface area contributed by atoms with Gasteiger partial charge >= 0.3 is 5.97 Å². The van der Waals surface area contributed by atoms with Gasteiger partial charge in [0.1, 0.15) is 4.88 Å². The van der Waals surface area contributed by atoms with E-state index in [4.69, 9.17) is 4.74 Å². The number of rotatable bonds is 5. The fourth-order valence-electron chi connectivity index (χ4n) is 1.49. The SMILES string of the molecule is CCOC(=O)c1cc(S(=O)(=O)NC(C)(C)C)c(CBr)s1. The van der Waals surface area contributed by atoms with Crippen LogP contribution in [-0.2, 0) is 20.1 Å². The molecule has 0 aliphatic rings. The van der Waals surface area contributed by atoms with E-state index in [1.807, 2.05) is 0 Å². The number of hydrogen-bond donors (Lipinski definition) is 1. The van der Waals surface area contributed by atoms with E-state index in [2.05, 4.69) is 20.7 Å². The van der Waals surface area contributed by atoms with E-state index in [-0.39, 0.29) is 16.4 Å². The van der Waals surface area contributed by atoms with Crippen LogP contribution in [0.15, 0.2) is 11.0 Å². The summed E-state index contributed by atoms with van der Waals surface area (Å²) in [5, 5.41) is 0.359. The number of hydrogen-bond acceptors (Lipinski definition) is 5. The minimum absolute atomic E-state index is 0.123. The standard InChI is InChI=1S/C12H18BrNO4S2/c1-5-18-11(15)8-6-10(9(7-13)19-8)20(16,17)14-12(2,3)4/h6,14H,5,7H2,1-4H3. The molecule has 1 rings (SSSR count). The van der Waals surface area contributed by atoms with Gasteiger partial charge in [-0.15, -0.1) is 11.3 Å². The van der Waals surface area contributed by atoms with E-state index in [1.165, 1.54) is 6.07 Å². The van der Waals surface area contributed by atoms with E-state index in [9.17, 15) is 13.2 Å². The Hall–Kier alpha value is -0.440. The molecular weight excluding hydrogens is 366 g/mol. The van der Waals surface area contributed by atoms with Gasteiger partial charge in [-0.3, -0.25) is 0 Å². The molecule has 0 bridgehead atoms. The van der Waals surface area contributed by atoms with Gasteiger partial charge in [-0.05, 0) is 33.8 Å². The zero-order valence-electron chi connectivity index (χ0n) is 11.8. The van der Waals surface area contributed by atoms with Crippen LogP contribution in [0.25, 0.3) is 0 Å². The molecule has 0 spiro atoms. The van der Waals surface area contributed by atoms with Crippen molar-refractivity contribution in [2.45, 2.75) is 43.5 Å². The Morgan fingerprint density at radius 2 is 2.05 bits per heavy atom. The highest BCUT2D eigenvalue weighted by atomic mass is 79.9. The maximum Gasteiger partial charge on any atom is 0.348 e. The number of carbonyl (C=O) groups is 1. The lowest BCUT2D eigenvalue weighted by Gasteiger charge is -2.20. The summed E-state index contributed by atoms with van der Waals surface area (Å²) in [5.41, 5.74) is -0.589. The molecular formula is C12H18BrNO4S2. The van der Waals surface area contributed by atoms with Crippen molar-refractivity contribution in [1.29, 1.82) is 0 Å². The van der Waals surface area contributed by atoms with Crippen LogP contribution in [0.4, 0.5) is 0 Å². The zero-order chi connectivity index (χ0) is 15.6. The number of alkyl halides is 1. The molecule has 0 radical (unpaired) electrons. The summed E-state index contributed by atoms with van der Waals surface area (Å²) in [6.45, 7) is 7.24. The molecule has 0 aliphatic carbocycles. The second kappa shape index (κ2) is 6.55. The lowest BCUT2D eigenvalue weighted by Crippen LogP contribution is -2.40. The monoisotopic (exact) mass is 383 g/mol. The van der Waals surface area contributed by atoms with Crippen molar-refractivity contribution in [2.75, 3.05) is 6.61 Å². The third-order valence-corrected chi connectivity index (χ3v) is 6.10. The van der Waals surface area contributed by atoms with E-state index < -0.39 is 21.5 Å². The van der Waals surface area contributed by atoms with Crippen molar-refractivity contribution in [3.05, 3.63) is 15.8 Å². The Bertz CT molecular complexity index is 587. The van der Waals surface area contributed by atoms with Crippen LogP contribution in [0.2, 0.25) is 0 Å². The molecule has 20 heavy (non-hydrogen) atoms. The molecule has 1 N–H and O–H groups in total. The normalized spacial score (nSPS) is 12.4. The summed E-state index contributed by atoms with van der Waals surface area (Å²) in [6.07, 6.45) is 0. The molecule has 0 aromatic carbocycles. The summed E-state index contributed by atoms with van der Waals surface area (Å²) in [7, 11) is -3.67. The van der Waals surface area contributed by atoms with E-state index in [0.29, 0.717) is 10.2 Å². The zero-order valence-corrected chi connectivity index (χ0v) is 15.0. The van der Waals surface area contributed by atoms with Crippen molar-refractivity contribution < 1.29 is 17.9 Å². The van der Waals surface area contributed by atoms with Crippen LogP contribution < -0.4 is 4.72 Å². The van der Waals surface area contributed by atoms with Crippen LogP contribution >= 0.6 is 27.3 Å². The molecule has 0 aliphatic heterocycles.